The Labute approximate surface area is 196 Å². The van der Waals surface area contributed by atoms with Crippen LogP contribution in [0.3, 0.4) is 0 Å². The number of carbonyl (C=O) groups is 2. The Balaban J connectivity index is 2.34. The van der Waals surface area contributed by atoms with Gasteiger partial charge in [0.1, 0.15) is 0 Å². The van der Waals surface area contributed by atoms with Gasteiger partial charge in [-0.2, -0.15) is 26.3 Å². The summed E-state index contributed by atoms with van der Waals surface area (Å²) in [6.07, 6.45) is -11.1. The van der Waals surface area contributed by atoms with Gasteiger partial charge in [0.05, 0.1) is 18.0 Å². The highest BCUT2D eigenvalue weighted by molar-refractivity contribution is 6.30. The number of rotatable bonds is 8. The molecule has 11 heteroatoms. The third kappa shape index (κ3) is 6.50. The number of alkyl halides is 6. The molecule has 1 unspecified atom stereocenters. The molecule has 0 heterocycles. The smallest absolute Gasteiger partial charge is 0.376 e. The van der Waals surface area contributed by atoms with Crippen molar-refractivity contribution < 1.29 is 41.0 Å². The van der Waals surface area contributed by atoms with Gasteiger partial charge in [-0.05, 0) is 42.7 Å². The molecule has 2 rings (SSSR count). The highest BCUT2D eigenvalue weighted by Crippen LogP contribution is 2.44. The van der Waals surface area contributed by atoms with Crippen LogP contribution in [0, 0.1) is 0 Å². The van der Waals surface area contributed by atoms with Crippen molar-refractivity contribution in [1.82, 2.24) is 5.32 Å². The standard InChI is InChI=1S/C23H22ClF6NO3/c1-3-4-20(33)31-13(2)14-5-7-15(8-6-14)19(32)12-21(34,23(28,29)30)16-9-17(22(25,26)27)11-18(24)10-16/h5-11,13,34H,3-4,12H2,1-2H3,(H,31,33)/t13-,21?/m0/s1. The molecule has 186 valence electrons. The van der Waals surface area contributed by atoms with E-state index in [1.165, 1.54) is 24.3 Å². The monoisotopic (exact) mass is 509 g/mol. The van der Waals surface area contributed by atoms with E-state index in [9.17, 15) is 41.0 Å². The molecule has 4 nitrogen and oxygen atoms in total. The predicted molar refractivity (Wildman–Crippen MR) is 113 cm³/mol. The maximum atomic E-state index is 13.8. The fourth-order valence-corrected chi connectivity index (χ4v) is 3.51. The Morgan fingerprint density at radius 3 is 2.06 bits per heavy atom. The average molecular weight is 510 g/mol. The molecule has 0 fully saturated rings. The minimum atomic E-state index is -5.48. The van der Waals surface area contributed by atoms with E-state index in [-0.39, 0.29) is 17.5 Å². The molecule has 2 N–H and O–H groups in total. The fraction of sp³-hybridized carbons (Fsp3) is 0.391. The lowest BCUT2D eigenvalue weighted by Gasteiger charge is -2.31. The second kappa shape index (κ2) is 10.4. The maximum Gasteiger partial charge on any atom is 0.421 e. The van der Waals surface area contributed by atoms with Gasteiger partial charge in [0.2, 0.25) is 5.91 Å². The molecule has 34 heavy (non-hydrogen) atoms. The molecule has 2 aromatic carbocycles. The van der Waals surface area contributed by atoms with Gasteiger partial charge in [0.15, 0.2) is 11.4 Å². The summed E-state index contributed by atoms with van der Waals surface area (Å²) in [6.45, 7) is 3.52. The molecule has 0 spiro atoms. The van der Waals surface area contributed by atoms with E-state index in [1.54, 1.807) is 6.92 Å². The lowest BCUT2D eigenvalue weighted by Crippen LogP contribution is -2.44. The topological polar surface area (TPSA) is 66.4 Å². The third-order valence-corrected chi connectivity index (χ3v) is 5.39. The molecule has 0 radical (unpaired) electrons. The largest absolute Gasteiger partial charge is 0.421 e. The van der Waals surface area contributed by atoms with Crippen LogP contribution in [-0.4, -0.2) is 23.0 Å². The number of nitrogens with one attached hydrogen (secondary N) is 1. The summed E-state index contributed by atoms with van der Waals surface area (Å²) in [5, 5.41) is 12.5. The second-order valence-electron chi connectivity index (χ2n) is 7.85. The second-order valence-corrected chi connectivity index (χ2v) is 8.28. The lowest BCUT2D eigenvalue weighted by atomic mass is 9.85. The SMILES string of the molecule is CCCC(=O)N[C@@H](C)c1ccc(C(=O)CC(O)(c2cc(Cl)cc(C(F)(F)F)c2)C(F)(F)F)cc1. The van der Waals surface area contributed by atoms with Crippen molar-refractivity contribution in [3.63, 3.8) is 0 Å². The molecule has 2 aromatic rings. The van der Waals surface area contributed by atoms with E-state index in [2.05, 4.69) is 5.32 Å². The molecule has 0 aliphatic rings. The van der Waals surface area contributed by atoms with Crippen molar-refractivity contribution in [3.05, 3.63) is 69.7 Å². The van der Waals surface area contributed by atoms with Crippen molar-refractivity contribution in [2.75, 3.05) is 0 Å². The van der Waals surface area contributed by atoms with Gasteiger partial charge in [0.25, 0.3) is 0 Å². The molecule has 0 saturated heterocycles. The lowest BCUT2D eigenvalue weighted by molar-refractivity contribution is -0.265. The maximum absolute atomic E-state index is 13.8. The number of benzene rings is 2. The summed E-state index contributed by atoms with van der Waals surface area (Å²) in [5.74, 6) is -1.34. The highest BCUT2D eigenvalue weighted by Gasteiger charge is 2.56. The number of Topliss-reactive ketones (excluding diaryl/α,β-unsaturated/α-hetero) is 1. The van der Waals surface area contributed by atoms with Crippen LogP contribution in [0.15, 0.2) is 42.5 Å². The summed E-state index contributed by atoms with van der Waals surface area (Å²) in [7, 11) is 0. The molecule has 1 amide bonds. The minimum Gasteiger partial charge on any atom is -0.376 e. The van der Waals surface area contributed by atoms with Gasteiger partial charge < -0.3 is 10.4 Å². The average Bonchev–Trinajstić information content (AvgIpc) is 2.72. The molecule has 0 aliphatic heterocycles. The van der Waals surface area contributed by atoms with Crippen molar-refractivity contribution in [2.24, 2.45) is 0 Å². The number of carbonyl (C=O) groups excluding carboxylic acids is 2. The molecule has 0 aliphatic carbocycles. The summed E-state index contributed by atoms with van der Waals surface area (Å²) >= 11 is 5.58. The first-order valence-corrected chi connectivity index (χ1v) is 10.6. The van der Waals surface area contributed by atoms with E-state index < -0.39 is 52.3 Å². The van der Waals surface area contributed by atoms with Gasteiger partial charge in [-0.1, -0.05) is 42.8 Å². The Kier molecular flexibility index (Phi) is 8.42. The number of aliphatic hydroxyl groups is 1. The van der Waals surface area contributed by atoms with Gasteiger partial charge >= 0.3 is 12.4 Å². The van der Waals surface area contributed by atoms with Crippen LogP contribution in [0.4, 0.5) is 26.3 Å². The van der Waals surface area contributed by atoms with Crippen LogP contribution < -0.4 is 5.32 Å². The van der Waals surface area contributed by atoms with Crippen molar-refractivity contribution in [3.8, 4) is 0 Å². The zero-order valence-electron chi connectivity index (χ0n) is 18.1. The van der Waals surface area contributed by atoms with Gasteiger partial charge in [-0.25, -0.2) is 0 Å². The first kappa shape index (κ1) is 27.7. The minimum absolute atomic E-state index is 0.121. The Morgan fingerprint density at radius 2 is 1.56 bits per heavy atom. The van der Waals surface area contributed by atoms with E-state index in [4.69, 9.17) is 11.6 Å². The molecular formula is C23H22ClF6NO3. The van der Waals surface area contributed by atoms with E-state index in [0.717, 1.165) is 0 Å². The van der Waals surface area contributed by atoms with E-state index >= 15 is 0 Å². The normalized spacial score (nSPS) is 14.9. The first-order chi connectivity index (χ1) is 15.6. The number of ketones is 1. The number of amides is 1. The van der Waals surface area contributed by atoms with Crippen LogP contribution in [0.5, 0.6) is 0 Å². The predicted octanol–water partition coefficient (Wildman–Crippen LogP) is 6.36. The molecule has 2 atom stereocenters. The zero-order chi connectivity index (χ0) is 25.9. The van der Waals surface area contributed by atoms with Crippen molar-refractivity contribution >= 4 is 23.3 Å². The zero-order valence-corrected chi connectivity index (χ0v) is 18.9. The van der Waals surface area contributed by atoms with Gasteiger partial charge in [-0.15, -0.1) is 0 Å². The first-order valence-electron chi connectivity index (χ1n) is 10.2. The summed E-state index contributed by atoms with van der Waals surface area (Å²) in [4.78, 5) is 24.3. The van der Waals surface area contributed by atoms with Crippen molar-refractivity contribution in [1.29, 1.82) is 0 Å². The molecule has 0 bridgehead atoms. The molecule has 0 aromatic heterocycles. The highest BCUT2D eigenvalue weighted by atomic mass is 35.5. The molecule has 0 saturated carbocycles. The Morgan fingerprint density at radius 1 is 1.00 bits per heavy atom. The van der Waals surface area contributed by atoms with E-state index in [1.807, 2.05) is 6.92 Å². The quantitative estimate of drug-likeness (QED) is 0.321. The molecular weight excluding hydrogens is 488 g/mol. The Bertz CT molecular complexity index is 1040. The van der Waals surface area contributed by atoms with Crippen LogP contribution in [0.25, 0.3) is 0 Å². The van der Waals surface area contributed by atoms with Gasteiger partial charge in [0, 0.05) is 17.0 Å². The van der Waals surface area contributed by atoms with E-state index in [0.29, 0.717) is 30.5 Å². The third-order valence-electron chi connectivity index (χ3n) is 5.18. The van der Waals surface area contributed by atoms with Crippen LogP contribution in [0.2, 0.25) is 5.02 Å². The van der Waals surface area contributed by atoms with Crippen LogP contribution in [0.1, 0.15) is 66.2 Å². The van der Waals surface area contributed by atoms with Crippen molar-refractivity contribution in [2.45, 2.75) is 57.1 Å². The summed E-state index contributed by atoms with van der Waals surface area (Å²) < 4.78 is 80.7. The Hall–Kier alpha value is -2.59. The summed E-state index contributed by atoms with van der Waals surface area (Å²) in [6, 6.07) is 5.95. The number of halogens is 7. The summed E-state index contributed by atoms with van der Waals surface area (Å²) in [5.41, 5.74) is -6.21. The van der Waals surface area contributed by atoms with Crippen LogP contribution in [-0.2, 0) is 16.6 Å². The van der Waals surface area contributed by atoms with Gasteiger partial charge in [-0.3, -0.25) is 9.59 Å². The van der Waals surface area contributed by atoms with Crippen LogP contribution >= 0.6 is 11.6 Å². The number of hydrogen-bond donors (Lipinski definition) is 2. The number of hydrogen-bond acceptors (Lipinski definition) is 3. The fourth-order valence-electron chi connectivity index (χ4n) is 3.27.